The summed E-state index contributed by atoms with van der Waals surface area (Å²) >= 11 is 0. The Morgan fingerprint density at radius 1 is 1.33 bits per heavy atom. The van der Waals surface area contributed by atoms with Gasteiger partial charge in [-0.25, -0.2) is 0 Å². The Kier molecular flexibility index (Phi) is 3.36. The monoisotopic (exact) mass is 245 g/mol. The van der Waals surface area contributed by atoms with E-state index >= 15 is 0 Å². The van der Waals surface area contributed by atoms with Crippen LogP contribution in [0.25, 0.3) is 0 Å². The van der Waals surface area contributed by atoms with Gasteiger partial charge in [0.1, 0.15) is 5.54 Å². The number of nitrogens with zero attached hydrogens (tertiary/aromatic N) is 1. The number of hydrogen-bond donors (Lipinski definition) is 2. The maximum Gasteiger partial charge on any atom is 0.256 e. The minimum atomic E-state index is -0.724. The van der Waals surface area contributed by atoms with Crippen LogP contribution in [0.3, 0.4) is 0 Å². The van der Waals surface area contributed by atoms with Gasteiger partial charge in [0.2, 0.25) is 0 Å². The van der Waals surface area contributed by atoms with Crippen molar-refractivity contribution in [3.05, 3.63) is 35.4 Å². The first kappa shape index (κ1) is 12.6. The minimum absolute atomic E-state index is 0.0494. The molecule has 1 aromatic carbocycles. The number of benzene rings is 1. The molecule has 1 saturated heterocycles. The van der Waals surface area contributed by atoms with Crippen LogP contribution in [0, 0.1) is 6.92 Å². The van der Waals surface area contributed by atoms with Crippen molar-refractivity contribution >= 4 is 11.9 Å². The van der Waals surface area contributed by atoms with Gasteiger partial charge in [0.05, 0.1) is 0 Å². The highest BCUT2D eigenvalue weighted by molar-refractivity contribution is 6.09. The van der Waals surface area contributed by atoms with Gasteiger partial charge < -0.3 is 5.32 Å². The molecule has 0 radical (unpaired) electrons. The van der Waals surface area contributed by atoms with Crippen molar-refractivity contribution in [1.29, 1.82) is 0 Å². The normalized spacial score (nSPS) is 25.1. The third-order valence-corrected chi connectivity index (χ3v) is 3.23. The largest absolute Gasteiger partial charge is 0.338 e. The Hall–Kier alpha value is -1.84. The molecule has 0 aliphatic carbocycles. The van der Waals surface area contributed by atoms with Crippen LogP contribution < -0.4 is 10.6 Å². The third kappa shape index (κ3) is 2.10. The number of nitrogens with one attached hydrogen (secondary N) is 2. The number of carbonyl (C=O) groups excluding carboxylic acids is 1. The van der Waals surface area contributed by atoms with Crippen molar-refractivity contribution in [3.8, 4) is 0 Å². The lowest BCUT2D eigenvalue weighted by Crippen LogP contribution is -2.41. The van der Waals surface area contributed by atoms with Crippen LogP contribution in [0.15, 0.2) is 29.3 Å². The van der Waals surface area contributed by atoms with Gasteiger partial charge in [-0.1, -0.05) is 31.2 Å². The maximum atomic E-state index is 12.2. The summed E-state index contributed by atoms with van der Waals surface area (Å²) in [7, 11) is 0. The van der Waals surface area contributed by atoms with Crippen molar-refractivity contribution in [3.63, 3.8) is 0 Å². The zero-order valence-corrected chi connectivity index (χ0v) is 11.1. The smallest absolute Gasteiger partial charge is 0.256 e. The number of hydrogen-bond acceptors (Lipinski definition) is 2. The van der Waals surface area contributed by atoms with Crippen LogP contribution in [0.5, 0.6) is 0 Å². The van der Waals surface area contributed by atoms with Crippen molar-refractivity contribution in [2.75, 3.05) is 6.54 Å². The number of carbonyl (C=O) groups is 1. The quantitative estimate of drug-likeness (QED) is 0.851. The molecule has 1 unspecified atom stereocenters. The van der Waals surface area contributed by atoms with Crippen LogP contribution in [0.1, 0.15) is 31.4 Å². The second-order valence-corrected chi connectivity index (χ2v) is 4.75. The van der Waals surface area contributed by atoms with E-state index in [1.165, 1.54) is 0 Å². The second kappa shape index (κ2) is 4.80. The summed E-state index contributed by atoms with van der Waals surface area (Å²) in [4.78, 5) is 16.5. The average Bonchev–Trinajstić information content (AvgIpc) is 2.64. The van der Waals surface area contributed by atoms with Crippen LogP contribution in [-0.2, 0) is 10.3 Å². The molecule has 1 amide bonds. The summed E-state index contributed by atoms with van der Waals surface area (Å²) in [6.07, 6.45) is 0.960. The molecule has 4 heteroatoms. The summed E-state index contributed by atoms with van der Waals surface area (Å²) in [5.41, 5.74) is 1.36. The highest BCUT2D eigenvalue weighted by Gasteiger charge is 2.42. The molecule has 2 N–H and O–H groups in total. The fraction of sp³-hybridized carbons (Fsp3) is 0.429. The van der Waals surface area contributed by atoms with Crippen LogP contribution in [0.2, 0.25) is 0 Å². The molecule has 2 rings (SSSR count). The fourth-order valence-corrected chi connectivity index (χ4v) is 2.18. The predicted molar refractivity (Wildman–Crippen MR) is 72.4 cm³/mol. The Morgan fingerprint density at radius 2 is 2.06 bits per heavy atom. The molecule has 1 aliphatic heterocycles. The Labute approximate surface area is 108 Å². The van der Waals surface area contributed by atoms with E-state index in [0.29, 0.717) is 12.5 Å². The zero-order valence-electron chi connectivity index (χ0n) is 11.1. The predicted octanol–water partition coefficient (Wildman–Crippen LogP) is 1.70. The second-order valence-electron chi connectivity index (χ2n) is 4.75. The van der Waals surface area contributed by atoms with E-state index in [1.807, 2.05) is 38.1 Å². The molecule has 1 aromatic rings. The van der Waals surface area contributed by atoms with Gasteiger partial charge in [0.15, 0.2) is 5.96 Å². The number of aryl methyl sites for hydroxylation is 1. The molecular weight excluding hydrogens is 226 g/mol. The zero-order chi connectivity index (χ0) is 13.2. The SMILES string of the molecule is CCCN=C1NC(=O)C(C)(c2ccccc2C)N1. The Balaban J connectivity index is 2.33. The van der Waals surface area contributed by atoms with E-state index in [0.717, 1.165) is 17.5 Å². The Bertz CT molecular complexity index is 496. The third-order valence-electron chi connectivity index (χ3n) is 3.23. The molecule has 18 heavy (non-hydrogen) atoms. The van der Waals surface area contributed by atoms with Crippen LogP contribution >= 0.6 is 0 Å². The molecule has 1 fully saturated rings. The molecule has 96 valence electrons. The lowest BCUT2D eigenvalue weighted by molar-refractivity contribution is -0.123. The first-order valence-corrected chi connectivity index (χ1v) is 6.28. The molecule has 1 heterocycles. The summed E-state index contributed by atoms with van der Waals surface area (Å²) < 4.78 is 0. The fourth-order valence-electron chi connectivity index (χ4n) is 2.18. The van der Waals surface area contributed by atoms with Gasteiger partial charge in [-0.3, -0.25) is 15.1 Å². The summed E-state index contributed by atoms with van der Waals surface area (Å²) in [6.45, 7) is 6.67. The number of guanidine groups is 1. The summed E-state index contributed by atoms with van der Waals surface area (Å²) in [5, 5.41) is 6.00. The highest BCUT2D eigenvalue weighted by atomic mass is 16.2. The van der Waals surface area contributed by atoms with Gasteiger partial charge in [0, 0.05) is 6.54 Å². The van der Waals surface area contributed by atoms with Crippen molar-refractivity contribution in [2.45, 2.75) is 32.7 Å². The summed E-state index contributed by atoms with van der Waals surface area (Å²) in [5.74, 6) is 0.527. The number of aliphatic imine (C=N–C) groups is 1. The van der Waals surface area contributed by atoms with Gasteiger partial charge >= 0.3 is 0 Å². The lowest BCUT2D eigenvalue weighted by Gasteiger charge is -2.23. The molecule has 0 spiro atoms. The lowest BCUT2D eigenvalue weighted by atomic mass is 9.89. The minimum Gasteiger partial charge on any atom is -0.338 e. The van der Waals surface area contributed by atoms with Crippen LogP contribution in [-0.4, -0.2) is 18.4 Å². The van der Waals surface area contributed by atoms with Crippen molar-refractivity contribution < 1.29 is 4.79 Å². The van der Waals surface area contributed by atoms with E-state index in [1.54, 1.807) is 0 Å². The number of rotatable bonds is 3. The topological polar surface area (TPSA) is 53.5 Å². The summed E-state index contributed by atoms with van der Waals surface area (Å²) in [6, 6.07) is 7.91. The standard InChI is InChI=1S/C14H19N3O/c1-4-9-15-13-16-12(18)14(3,17-13)11-8-6-5-7-10(11)2/h5-8H,4,9H2,1-3H3,(H2,15,16,17,18). The molecule has 0 bridgehead atoms. The van der Waals surface area contributed by atoms with Crippen LogP contribution in [0.4, 0.5) is 0 Å². The molecular formula is C14H19N3O. The molecule has 0 saturated carbocycles. The average molecular weight is 245 g/mol. The van der Waals surface area contributed by atoms with Gasteiger partial charge in [-0.05, 0) is 31.4 Å². The molecule has 4 nitrogen and oxygen atoms in total. The van der Waals surface area contributed by atoms with Crippen molar-refractivity contribution in [1.82, 2.24) is 10.6 Å². The van der Waals surface area contributed by atoms with E-state index in [-0.39, 0.29) is 5.91 Å². The maximum absolute atomic E-state index is 12.2. The van der Waals surface area contributed by atoms with Gasteiger partial charge in [0.25, 0.3) is 5.91 Å². The molecule has 1 aliphatic rings. The van der Waals surface area contributed by atoms with Gasteiger partial charge in [-0.15, -0.1) is 0 Å². The van der Waals surface area contributed by atoms with Crippen molar-refractivity contribution in [2.24, 2.45) is 4.99 Å². The van der Waals surface area contributed by atoms with E-state index < -0.39 is 5.54 Å². The molecule has 0 aromatic heterocycles. The van der Waals surface area contributed by atoms with E-state index in [4.69, 9.17) is 0 Å². The first-order valence-electron chi connectivity index (χ1n) is 6.28. The van der Waals surface area contributed by atoms with E-state index in [2.05, 4.69) is 22.5 Å². The van der Waals surface area contributed by atoms with E-state index in [9.17, 15) is 4.79 Å². The molecule has 1 atom stereocenters. The Morgan fingerprint density at radius 3 is 2.72 bits per heavy atom. The first-order chi connectivity index (χ1) is 8.58. The number of amides is 1. The highest BCUT2D eigenvalue weighted by Crippen LogP contribution is 2.26. The van der Waals surface area contributed by atoms with Gasteiger partial charge in [-0.2, -0.15) is 0 Å².